The number of rotatable bonds is 6. The first-order chi connectivity index (χ1) is 12.5. The summed E-state index contributed by atoms with van der Waals surface area (Å²) in [6, 6.07) is 11.1. The third kappa shape index (κ3) is 4.59. The summed E-state index contributed by atoms with van der Waals surface area (Å²) in [5.41, 5.74) is 3.27. The molecule has 0 saturated carbocycles. The van der Waals surface area contributed by atoms with Gasteiger partial charge < -0.3 is 14.8 Å². The minimum Gasteiger partial charge on any atom is -0.479 e. The van der Waals surface area contributed by atoms with Crippen LogP contribution in [-0.2, 0) is 27.2 Å². The molecular formula is C20H20FNO4. The molecule has 2 aromatic rings. The fraction of sp³-hybridized carbons (Fsp3) is 0.300. The smallest absolute Gasteiger partial charge is 0.347 e. The number of carbonyl (C=O) groups is 2. The maximum absolute atomic E-state index is 12.9. The topological polar surface area (TPSA) is 64.6 Å². The molecule has 1 amide bonds. The molecule has 136 valence electrons. The molecular weight excluding hydrogens is 337 g/mol. The second-order valence-corrected chi connectivity index (χ2v) is 6.21. The Morgan fingerprint density at radius 3 is 2.62 bits per heavy atom. The summed E-state index contributed by atoms with van der Waals surface area (Å²) in [7, 11) is 0. The largest absolute Gasteiger partial charge is 0.479 e. The van der Waals surface area contributed by atoms with Crippen molar-refractivity contribution in [1.29, 1.82) is 0 Å². The van der Waals surface area contributed by atoms with Crippen molar-refractivity contribution in [3.05, 3.63) is 59.4 Å². The Labute approximate surface area is 151 Å². The predicted octanol–water partition coefficient (Wildman–Crippen LogP) is 3.26. The number of fused-ring (bicyclic) bond motifs is 1. The van der Waals surface area contributed by atoms with Gasteiger partial charge in [-0.05, 0) is 73.7 Å². The Bertz CT molecular complexity index is 804. The van der Waals surface area contributed by atoms with Gasteiger partial charge in [-0.3, -0.25) is 4.79 Å². The molecule has 0 unspecified atom stereocenters. The molecule has 1 aliphatic carbocycles. The van der Waals surface area contributed by atoms with Crippen LogP contribution in [0.2, 0.25) is 0 Å². The lowest BCUT2D eigenvalue weighted by molar-refractivity contribution is -0.153. The number of halogens is 1. The number of anilines is 1. The van der Waals surface area contributed by atoms with Gasteiger partial charge in [0, 0.05) is 5.69 Å². The average molecular weight is 357 g/mol. The van der Waals surface area contributed by atoms with E-state index in [1.165, 1.54) is 42.3 Å². The first-order valence-corrected chi connectivity index (χ1v) is 8.52. The highest BCUT2D eigenvalue weighted by molar-refractivity contribution is 5.93. The van der Waals surface area contributed by atoms with E-state index in [2.05, 4.69) is 5.32 Å². The van der Waals surface area contributed by atoms with Crippen molar-refractivity contribution < 1.29 is 23.5 Å². The minimum absolute atomic E-state index is 0.346. The normalized spacial score (nSPS) is 13.6. The van der Waals surface area contributed by atoms with Crippen molar-refractivity contribution in [2.24, 2.45) is 0 Å². The molecule has 2 aromatic carbocycles. The predicted molar refractivity (Wildman–Crippen MR) is 94.5 cm³/mol. The summed E-state index contributed by atoms with van der Waals surface area (Å²) < 4.78 is 23.2. The zero-order chi connectivity index (χ0) is 18.5. The molecule has 0 aromatic heterocycles. The molecule has 0 spiro atoms. The summed E-state index contributed by atoms with van der Waals surface area (Å²) in [5.74, 6) is -1.13. The van der Waals surface area contributed by atoms with Gasteiger partial charge in [0.2, 0.25) is 0 Å². The number of nitrogens with one attached hydrogen (secondary N) is 1. The fourth-order valence-electron chi connectivity index (χ4n) is 2.87. The lowest BCUT2D eigenvalue weighted by Crippen LogP contribution is -2.29. The highest BCUT2D eigenvalue weighted by atomic mass is 19.1. The van der Waals surface area contributed by atoms with Crippen LogP contribution in [0.4, 0.5) is 10.1 Å². The van der Waals surface area contributed by atoms with Crippen LogP contribution in [0.25, 0.3) is 0 Å². The molecule has 26 heavy (non-hydrogen) atoms. The van der Waals surface area contributed by atoms with Gasteiger partial charge in [0.1, 0.15) is 11.6 Å². The first-order valence-electron chi connectivity index (χ1n) is 8.52. The number of hydrogen-bond donors (Lipinski definition) is 1. The molecule has 3 rings (SSSR count). The highest BCUT2D eigenvalue weighted by Gasteiger charge is 2.18. The van der Waals surface area contributed by atoms with Crippen molar-refractivity contribution in [1.82, 2.24) is 0 Å². The molecule has 1 aliphatic rings. The van der Waals surface area contributed by atoms with Crippen molar-refractivity contribution in [2.75, 3.05) is 11.9 Å². The SMILES string of the molecule is C[C@@H](Oc1ccc(F)cc1)C(=O)OCC(=O)Nc1ccc2c(c1)CCC2. The van der Waals surface area contributed by atoms with Gasteiger partial charge in [0.25, 0.3) is 5.91 Å². The molecule has 5 nitrogen and oxygen atoms in total. The third-order valence-corrected chi connectivity index (χ3v) is 4.19. The maximum Gasteiger partial charge on any atom is 0.347 e. The molecule has 0 saturated heterocycles. The van der Waals surface area contributed by atoms with Gasteiger partial charge in [0.05, 0.1) is 0 Å². The van der Waals surface area contributed by atoms with Crippen LogP contribution in [0.1, 0.15) is 24.5 Å². The Hall–Kier alpha value is -2.89. The number of carbonyl (C=O) groups excluding carboxylic acids is 2. The molecule has 1 N–H and O–H groups in total. The zero-order valence-corrected chi connectivity index (χ0v) is 14.5. The van der Waals surface area contributed by atoms with Gasteiger partial charge in [-0.2, -0.15) is 0 Å². The lowest BCUT2D eigenvalue weighted by atomic mass is 10.1. The number of benzene rings is 2. The second kappa shape index (κ2) is 7.99. The Morgan fingerprint density at radius 2 is 1.85 bits per heavy atom. The van der Waals surface area contributed by atoms with Crippen molar-refractivity contribution >= 4 is 17.6 Å². The van der Waals surface area contributed by atoms with Crippen LogP contribution in [0.5, 0.6) is 5.75 Å². The zero-order valence-electron chi connectivity index (χ0n) is 14.5. The summed E-state index contributed by atoms with van der Waals surface area (Å²) in [4.78, 5) is 23.9. The molecule has 0 bridgehead atoms. The van der Waals surface area contributed by atoms with E-state index in [1.54, 1.807) is 0 Å². The van der Waals surface area contributed by atoms with Crippen LogP contribution in [0, 0.1) is 5.82 Å². The molecule has 0 heterocycles. The van der Waals surface area contributed by atoms with Gasteiger partial charge >= 0.3 is 5.97 Å². The van der Waals surface area contributed by atoms with E-state index < -0.39 is 30.4 Å². The standard InChI is InChI=1S/C20H20FNO4/c1-13(26-18-9-6-16(21)7-10-18)20(24)25-12-19(23)22-17-8-5-14-3-2-4-15(14)11-17/h5-11,13H,2-4,12H2,1H3,(H,22,23)/t13-/m1/s1. The average Bonchev–Trinajstić information content (AvgIpc) is 3.09. The van der Waals surface area contributed by atoms with E-state index in [-0.39, 0.29) is 0 Å². The van der Waals surface area contributed by atoms with Crippen molar-refractivity contribution in [3.8, 4) is 5.75 Å². The lowest BCUT2D eigenvalue weighted by Gasteiger charge is -2.14. The molecule has 0 radical (unpaired) electrons. The van der Waals surface area contributed by atoms with Crippen molar-refractivity contribution in [2.45, 2.75) is 32.3 Å². The van der Waals surface area contributed by atoms with Gasteiger partial charge in [-0.25, -0.2) is 9.18 Å². The Morgan fingerprint density at radius 1 is 1.12 bits per heavy atom. The number of aryl methyl sites for hydroxylation is 2. The third-order valence-electron chi connectivity index (χ3n) is 4.19. The maximum atomic E-state index is 12.9. The van der Waals surface area contributed by atoms with Crippen molar-refractivity contribution in [3.63, 3.8) is 0 Å². The molecule has 6 heteroatoms. The van der Waals surface area contributed by atoms with Crippen LogP contribution >= 0.6 is 0 Å². The number of esters is 1. The second-order valence-electron chi connectivity index (χ2n) is 6.21. The fourth-order valence-corrected chi connectivity index (χ4v) is 2.87. The number of amides is 1. The van der Waals surface area contributed by atoms with Gasteiger partial charge in [-0.1, -0.05) is 6.07 Å². The first kappa shape index (κ1) is 17.9. The quantitative estimate of drug-likeness (QED) is 0.806. The van der Waals surface area contributed by atoms with Gasteiger partial charge in [0.15, 0.2) is 12.7 Å². The van der Waals surface area contributed by atoms with E-state index in [0.717, 1.165) is 19.3 Å². The van der Waals surface area contributed by atoms with E-state index in [4.69, 9.17) is 9.47 Å². The van der Waals surface area contributed by atoms with E-state index in [9.17, 15) is 14.0 Å². The summed E-state index contributed by atoms with van der Waals surface area (Å²) in [6.45, 7) is 1.11. The molecule has 0 aliphatic heterocycles. The highest BCUT2D eigenvalue weighted by Crippen LogP contribution is 2.24. The monoisotopic (exact) mass is 357 g/mol. The van der Waals surface area contributed by atoms with Crippen LogP contribution in [0.3, 0.4) is 0 Å². The van der Waals surface area contributed by atoms with E-state index in [0.29, 0.717) is 11.4 Å². The molecule has 0 fully saturated rings. The Balaban J connectivity index is 1.46. The summed E-state index contributed by atoms with van der Waals surface area (Å²) in [5, 5.41) is 2.72. The Kier molecular flexibility index (Phi) is 5.51. The van der Waals surface area contributed by atoms with Crippen LogP contribution in [0.15, 0.2) is 42.5 Å². The summed E-state index contributed by atoms with van der Waals surface area (Å²) >= 11 is 0. The van der Waals surface area contributed by atoms with E-state index in [1.807, 2.05) is 18.2 Å². The number of hydrogen-bond acceptors (Lipinski definition) is 4. The van der Waals surface area contributed by atoms with E-state index >= 15 is 0 Å². The number of ether oxygens (including phenoxy) is 2. The minimum atomic E-state index is -0.909. The summed E-state index contributed by atoms with van der Waals surface area (Å²) in [6.07, 6.45) is 2.32. The van der Waals surface area contributed by atoms with Crippen LogP contribution < -0.4 is 10.1 Å². The van der Waals surface area contributed by atoms with Gasteiger partial charge in [-0.15, -0.1) is 0 Å². The molecule has 1 atom stereocenters. The van der Waals surface area contributed by atoms with Crippen LogP contribution in [-0.4, -0.2) is 24.6 Å².